The molecule has 2 saturated carbocycles. The average molecular weight is 231 g/mol. The van der Waals surface area contributed by atoms with Crippen molar-refractivity contribution in [1.29, 1.82) is 0 Å². The van der Waals surface area contributed by atoms with Crippen molar-refractivity contribution in [2.75, 3.05) is 0 Å². The zero-order chi connectivity index (χ0) is 11.5. The molecular formula is C11H21NO2S. The zero-order valence-corrected chi connectivity index (χ0v) is 10.8. The number of nitrogens with one attached hydrogen (secondary N) is 1. The molecule has 0 aromatic heterocycles. The highest BCUT2D eigenvalue weighted by Gasteiger charge is 2.59. The average Bonchev–Trinajstić information content (AvgIpc) is 2.62. The molecule has 3 atom stereocenters. The van der Waals surface area contributed by atoms with Gasteiger partial charge < -0.3 is 0 Å². The van der Waals surface area contributed by atoms with Crippen LogP contribution in [0, 0.1) is 11.3 Å². The highest BCUT2D eigenvalue weighted by Crippen LogP contribution is 2.63. The van der Waals surface area contributed by atoms with Crippen LogP contribution >= 0.6 is 0 Å². The van der Waals surface area contributed by atoms with Gasteiger partial charge in [-0.3, -0.25) is 0 Å². The molecule has 2 aliphatic carbocycles. The molecule has 1 N–H and O–H groups in total. The third-order valence-electron chi connectivity index (χ3n) is 4.05. The van der Waals surface area contributed by atoms with E-state index in [0.29, 0.717) is 11.3 Å². The molecule has 4 heteroatoms. The van der Waals surface area contributed by atoms with Crippen LogP contribution < -0.4 is 4.72 Å². The highest BCUT2D eigenvalue weighted by atomic mass is 32.2. The molecule has 2 fully saturated rings. The lowest BCUT2D eigenvalue weighted by Gasteiger charge is -2.23. The third-order valence-corrected chi connectivity index (χ3v) is 6.27. The van der Waals surface area contributed by atoms with Crippen LogP contribution in [0.5, 0.6) is 0 Å². The van der Waals surface area contributed by atoms with E-state index < -0.39 is 14.8 Å². The summed E-state index contributed by atoms with van der Waals surface area (Å²) >= 11 is 0. The molecule has 3 nitrogen and oxygen atoms in total. The van der Waals surface area contributed by atoms with E-state index >= 15 is 0 Å². The van der Waals surface area contributed by atoms with Crippen molar-refractivity contribution < 1.29 is 8.42 Å². The summed E-state index contributed by atoms with van der Waals surface area (Å²) in [6.07, 6.45) is 3.38. The molecule has 0 saturated heterocycles. The Kier molecular flexibility index (Phi) is 2.26. The minimum atomic E-state index is -3.16. The molecule has 2 rings (SSSR count). The van der Waals surface area contributed by atoms with E-state index in [9.17, 15) is 8.42 Å². The lowest BCUT2D eigenvalue weighted by Crippen LogP contribution is -2.44. The normalized spacial score (nSPS) is 40.3. The molecule has 0 aromatic carbocycles. The molecule has 0 radical (unpaired) electrons. The predicted molar refractivity (Wildman–Crippen MR) is 61.0 cm³/mol. The van der Waals surface area contributed by atoms with Gasteiger partial charge >= 0.3 is 0 Å². The maximum Gasteiger partial charge on any atom is 0.216 e. The van der Waals surface area contributed by atoms with Gasteiger partial charge in [-0.2, -0.15) is 0 Å². The van der Waals surface area contributed by atoms with Crippen molar-refractivity contribution in [3.05, 3.63) is 0 Å². The number of hydrogen-bond acceptors (Lipinski definition) is 2. The maximum absolute atomic E-state index is 12.0. The molecule has 0 heterocycles. The van der Waals surface area contributed by atoms with Gasteiger partial charge in [0.25, 0.3) is 0 Å². The van der Waals surface area contributed by atoms with Crippen molar-refractivity contribution in [3.63, 3.8) is 0 Å². The van der Waals surface area contributed by atoms with Crippen LogP contribution in [0.15, 0.2) is 0 Å². The van der Waals surface area contributed by atoms with Gasteiger partial charge in [-0.15, -0.1) is 0 Å². The Balaban J connectivity index is 2.05. The molecule has 15 heavy (non-hydrogen) atoms. The van der Waals surface area contributed by atoms with Crippen LogP contribution in [0.4, 0.5) is 0 Å². The van der Waals surface area contributed by atoms with Crippen LogP contribution in [0.25, 0.3) is 0 Å². The van der Waals surface area contributed by atoms with Crippen molar-refractivity contribution in [2.24, 2.45) is 11.3 Å². The molecule has 0 spiro atoms. The Bertz CT molecular complexity index is 369. The second-order valence-corrected chi connectivity index (χ2v) is 8.81. The summed E-state index contributed by atoms with van der Waals surface area (Å²) in [6.45, 7) is 7.51. The van der Waals surface area contributed by atoms with Gasteiger partial charge in [0.1, 0.15) is 0 Å². The minimum Gasteiger partial charge on any atom is -0.212 e. The molecule has 0 amide bonds. The van der Waals surface area contributed by atoms with Crippen LogP contribution in [-0.2, 0) is 10.0 Å². The molecule has 0 aliphatic heterocycles. The summed E-state index contributed by atoms with van der Waals surface area (Å²) in [7, 11) is -3.16. The largest absolute Gasteiger partial charge is 0.216 e. The molecule has 0 unspecified atom stereocenters. The second kappa shape index (κ2) is 2.98. The van der Waals surface area contributed by atoms with Gasteiger partial charge in [0.2, 0.25) is 10.0 Å². The number of sulfonamides is 1. The first kappa shape index (κ1) is 11.4. The first-order valence-electron chi connectivity index (χ1n) is 5.68. The Morgan fingerprint density at radius 2 is 1.93 bits per heavy atom. The summed E-state index contributed by atoms with van der Waals surface area (Å²) in [5, 5.41) is 0. The molecule has 0 aromatic rings. The second-order valence-electron chi connectivity index (χ2n) is 6.34. The summed E-state index contributed by atoms with van der Waals surface area (Å²) < 4.78 is 26.1. The van der Waals surface area contributed by atoms with E-state index in [2.05, 4.69) is 11.6 Å². The van der Waals surface area contributed by atoms with E-state index in [1.807, 2.05) is 0 Å². The maximum atomic E-state index is 12.0. The topological polar surface area (TPSA) is 46.2 Å². The predicted octanol–water partition coefficient (Wildman–Crippen LogP) is 1.89. The molecule has 0 bridgehead atoms. The monoisotopic (exact) mass is 231 g/mol. The Labute approximate surface area is 92.7 Å². The Morgan fingerprint density at radius 1 is 1.33 bits per heavy atom. The van der Waals surface area contributed by atoms with E-state index in [1.54, 1.807) is 20.8 Å². The number of hydrogen-bond donors (Lipinski definition) is 1. The molecular weight excluding hydrogens is 210 g/mol. The van der Waals surface area contributed by atoms with E-state index in [0.717, 1.165) is 6.42 Å². The Hall–Kier alpha value is -0.0900. The van der Waals surface area contributed by atoms with Crippen LogP contribution in [0.3, 0.4) is 0 Å². The van der Waals surface area contributed by atoms with Crippen molar-refractivity contribution in [3.8, 4) is 0 Å². The molecule has 88 valence electrons. The van der Waals surface area contributed by atoms with Gasteiger partial charge in [-0.1, -0.05) is 6.92 Å². The first-order chi connectivity index (χ1) is 6.66. The minimum absolute atomic E-state index is 0.194. The highest BCUT2D eigenvalue weighted by molar-refractivity contribution is 7.90. The number of fused-ring (bicyclic) bond motifs is 1. The van der Waals surface area contributed by atoms with Crippen molar-refractivity contribution in [2.45, 2.75) is 57.7 Å². The first-order valence-corrected chi connectivity index (χ1v) is 7.16. The molecule has 2 aliphatic rings. The van der Waals surface area contributed by atoms with E-state index in [-0.39, 0.29) is 6.04 Å². The van der Waals surface area contributed by atoms with Gasteiger partial charge in [0.05, 0.1) is 4.75 Å². The fourth-order valence-corrected chi connectivity index (χ4v) is 3.60. The van der Waals surface area contributed by atoms with Gasteiger partial charge in [-0.25, -0.2) is 13.1 Å². The summed E-state index contributed by atoms with van der Waals surface area (Å²) in [5.74, 6) is 0.592. The van der Waals surface area contributed by atoms with E-state index in [1.165, 1.54) is 12.8 Å². The Morgan fingerprint density at radius 3 is 2.27 bits per heavy atom. The zero-order valence-electron chi connectivity index (χ0n) is 10.0. The van der Waals surface area contributed by atoms with Gasteiger partial charge in [0, 0.05) is 6.04 Å². The summed E-state index contributed by atoms with van der Waals surface area (Å²) in [6, 6.07) is 0.194. The van der Waals surface area contributed by atoms with Crippen molar-refractivity contribution in [1.82, 2.24) is 4.72 Å². The standard InChI is InChI=1S/C11H21NO2S/c1-10(2,3)15(13,14)12-9-5-6-11(4)7-8(9)11/h8-9,12H,5-7H2,1-4H3/t8-,9+,11-/m0/s1. The lowest BCUT2D eigenvalue weighted by molar-refractivity contribution is 0.500. The summed E-state index contributed by atoms with van der Waals surface area (Å²) in [4.78, 5) is 0. The van der Waals surface area contributed by atoms with Crippen LogP contribution in [0.2, 0.25) is 0 Å². The van der Waals surface area contributed by atoms with Gasteiger partial charge in [0.15, 0.2) is 0 Å². The van der Waals surface area contributed by atoms with Crippen LogP contribution in [0.1, 0.15) is 47.0 Å². The fourth-order valence-electron chi connectivity index (χ4n) is 2.56. The van der Waals surface area contributed by atoms with E-state index in [4.69, 9.17) is 0 Å². The SMILES string of the molecule is CC(C)(C)S(=O)(=O)N[C@@H]1CC[C@@]2(C)C[C@@H]12. The quantitative estimate of drug-likeness (QED) is 0.789. The van der Waals surface area contributed by atoms with Crippen molar-refractivity contribution >= 4 is 10.0 Å². The van der Waals surface area contributed by atoms with Crippen LogP contribution in [-0.4, -0.2) is 19.2 Å². The van der Waals surface area contributed by atoms with Gasteiger partial charge in [-0.05, 0) is 51.4 Å². The summed E-state index contributed by atoms with van der Waals surface area (Å²) in [5.41, 5.74) is 0.449. The number of rotatable bonds is 2. The third kappa shape index (κ3) is 1.82. The lowest BCUT2D eigenvalue weighted by atomic mass is 10.1. The fraction of sp³-hybridized carbons (Fsp3) is 1.00. The smallest absolute Gasteiger partial charge is 0.212 e.